The molecule has 2 aliphatic rings. The molecule has 2 aliphatic heterocycles. The maximum atomic E-state index is 10.6. The second-order valence-electron chi connectivity index (χ2n) is 9.07. The van der Waals surface area contributed by atoms with E-state index in [0.717, 1.165) is 54.4 Å². The smallest absolute Gasteiger partial charge is 0.227 e. The van der Waals surface area contributed by atoms with Crippen molar-refractivity contribution in [2.24, 2.45) is 0 Å². The van der Waals surface area contributed by atoms with E-state index in [-0.39, 0.29) is 6.61 Å². The molecule has 0 bridgehead atoms. The summed E-state index contributed by atoms with van der Waals surface area (Å²) in [5.74, 6) is 2.90. The normalized spacial score (nSPS) is 16.8. The fourth-order valence-electron chi connectivity index (χ4n) is 4.72. The van der Waals surface area contributed by atoms with E-state index in [1.54, 1.807) is 0 Å². The highest BCUT2D eigenvalue weighted by Crippen LogP contribution is 2.39. The Kier molecular flexibility index (Phi) is 6.36. The zero-order valence-corrected chi connectivity index (χ0v) is 20.0. The lowest BCUT2D eigenvalue weighted by Gasteiger charge is -2.38. The summed E-state index contributed by atoms with van der Waals surface area (Å²) in [7, 11) is 0. The fourth-order valence-corrected chi connectivity index (χ4v) is 4.72. The third-order valence-electron chi connectivity index (χ3n) is 6.55. The van der Waals surface area contributed by atoms with Gasteiger partial charge in [0.25, 0.3) is 0 Å². The minimum absolute atomic E-state index is 0.215. The Morgan fingerprint density at radius 3 is 2.61 bits per heavy atom. The standard InChI is InChI=1S/C28H29N3O5/c32-21(18-30-11-13-31(14-12-30)24-7-4-8-26-27(24)34-16-15-33-26)19-35-22-9-10-25-23(17-22)29-28(36-25)20-5-2-1-3-6-20/h1-10,17,21,32H,11-16,18-19H2/t21-/m1/s1. The van der Waals surface area contributed by atoms with Crippen molar-refractivity contribution in [2.45, 2.75) is 6.10 Å². The molecule has 0 unspecified atom stereocenters. The summed E-state index contributed by atoms with van der Waals surface area (Å²) in [6, 6.07) is 21.4. The van der Waals surface area contributed by atoms with Crippen molar-refractivity contribution in [3.05, 3.63) is 66.7 Å². The van der Waals surface area contributed by atoms with Crippen LogP contribution in [-0.4, -0.2) is 73.6 Å². The topological polar surface area (TPSA) is 80.4 Å². The Balaban J connectivity index is 1.01. The number of aliphatic hydroxyl groups is 1. The first kappa shape index (κ1) is 22.7. The van der Waals surface area contributed by atoms with Crippen LogP contribution in [0.2, 0.25) is 0 Å². The van der Waals surface area contributed by atoms with Gasteiger partial charge in [-0.2, -0.15) is 0 Å². The molecule has 1 atom stereocenters. The van der Waals surface area contributed by atoms with Gasteiger partial charge in [-0.05, 0) is 36.4 Å². The molecular weight excluding hydrogens is 458 g/mol. The van der Waals surface area contributed by atoms with Crippen LogP contribution in [0.3, 0.4) is 0 Å². The molecule has 0 amide bonds. The van der Waals surface area contributed by atoms with Crippen molar-refractivity contribution in [3.63, 3.8) is 0 Å². The van der Waals surface area contributed by atoms with Crippen LogP contribution in [-0.2, 0) is 0 Å². The van der Waals surface area contributed by atoms with Gasteiger partial charge in [0.1, 0.15) is 37.2 Å². The van der Waals surface area contributed by atoms with Gasteiger partial charge in [-0.1, -0.05) is 24.3 Å². The summed E-state index contributed by atoms with van der Waals surface area (Å²) in [6.07, 6.45) is -0.592. The number of oxazole rings is 1. The SMILES string of the molecule is O[C@@H](COc1ccc2oc(-c3ccccc3)nc2c1)CN1CCN(c2cccc3c2OCCO3)CC1. The zero-order valence-electron chi connectivity index (χ0n) is 20.0. The number of hydrogen-bond donors (Lipinski definition) is 1. The summed E-state index contributed by atoms with van der Waals surface area (Å²) in [5, 5.41) is 10.6. The Morgan fingerprint density at radius 2 is 1.75 bits per heavy atom. The number of aliphatic hydroxyl groups excluding tert-OH is 1. The number of piperazine rings is 1. The van der Waals surface area contributed by atoms with Crippen molar-refractivity contribution in [2.75, 3.05) is 57.4 Å². The molecule has 1 fully saturated rings. The summed E-state index contributed by atoms with van der Waals surface area (Å²) >= 11 is 0. The number of aromatic nitrogens is 1. The van der Waals surface area contributed by atoms with Gasteiger partial charge in [-0.15, -0.1) is 0 Å². The lowest BCUT2D eigenvalue weighted by Crippen LogP contribution is -2.49. The molecule has 0 spiro atoms. The molecule has 8 nitrogen and oxygen atoms in total. The molecule has 3 aromatic carbocycles. The lowest BCUT2D eigenvalue weighted by atomic mass is 10.2. The van der Waals surface area contributed by atoms with Gasteiger partial charge in [-0.3, -0.25) is 4.90 Å². The van der Waals surface area contributed by atoms with Crippen molar-refractivity contribution < 1.29 is 23.7 Å². The number of rotatable bonds is 7. The predicted molar refractivity (Wildman–Crippen MR) is 137 cm³/mol. The first-order valence-corrected chi connectivity index (χ1v) is 12.4. The summed E-state index contributed by atoms with van der Waals surface area (Å²) in [4.78, 5) is 9.18. The van der Waals surface area contributed by atoms with Gasteiger partial charge in [0.05, 0.1) is 5.69 Å². The predicted octanol–water partition coefficient (Wildman–Crippen LogP) is 3.83. The number of ether oxygens (including phenoxy) is 3. The first-order valence-electron chi connectivity index (χ1n) is 12.4. The quantitative estimate of drug-likeness (QED) is 0.421. The van der Waals surface area contributed by atoms with E-state index in [1.165, 1.54) is 0 Å². The Morgan fingerprint density at radius 1 is 0.917 bits per heavy atom. The monoisotopic (exact) mass is 487 g/mol. The molecule has 186 valence electrons. The minimum Gasteiger partial charge on any atom is -0.491 e. The molecule has 1 saturated heterocycles. The molecule has 0 aliphatic carbocycles. The highest BCUT2D eigenvalue weighted by Gasteiger charge is 2.24. The molecule has 4 aromatic rings. The molecule has 3 heterocycles. The van der Waals surface area contributed by atoms with Gasteiger partial charge in [-0.25, -0.2) is 4.98 Å². The highest BCUT2D eigenvalue weighted by molar-refractivity contribution is 5.77. The third-order valence-corrected chi connectivity index (χ3v) is 6.55. The average Bonchev–Trinajstić information content (AvgIpc) is 3.36. The minimum atomic E-state index is -0.592. The van der Waals surface area contributed by atoms with E-state index in [9.17, 15) is 5.11 Å². The fraction of sp³-hybridized carbons (Fsp3) is 0.321. The second-order valence-corrected chi connectivity index (χ2v) is 9.07. The van der Waals surface area contributed by atoms with E-state index in [1.807, 2.05) is 60.7 Å². The average molecular weight is 488 g/mol. The van der Waals surface area contributed by atoms with Crippen molar-refractivity contribution in [3.8, 4) is 28.7 Å². The summed E-state index contributed by atoms with van der Waals surface area (Å²) in [5.41, 5.74) is 3.44. The molecular formula is C28H29N3O5. The van der Waals surface area contributed by atoms with E-state index >= 15 is 0 Å². The van der Waals surface area contributed by atoms with Crippen molar-refractivity contribution in [1.82, 2.24) is 9.88 Å². The largest absolute Gasteiger partial charge is 0.491 e. The van der Waals surface area contributed by atoms with Crippen LogP contribution in [0.1, 0.15) is 0 Å². The number of hydrogen-bond acceptors (Lipinski definition) is 8. The number of para-hydroxylation sites is 1. The van der Waals surface area contributed by atoms with Gasteiger partial charge in [0.15, 0.2) is 17.1 Å². The maximum Gasteiger partial charge on any atom is 0.227 e. The van der Waals surface area contributed by atoms with E-state index in [2.05, 4.69) is 20.9 Å². The van der Waals surface area contributed by atoms with Crippen molar-refractivity contribution >= 4 is 16.8 Å². The van der Waals surface area contributed by atoms with Crippen LogP contribution >= 0.6 is 0 Å². The number of nitrogens with zero attached hydrogens (tertiary/aromatic N) is 3. The van der Waals surface area contributed by atoms with Gasteiger partial charge < -0.3 is 28.6 Å². The van der Waals surface area contributed by atoms with E-state index in [0.29, 0.717) is 37.0 Å². The third kappa shape index (κ3) is 4.82. The van der Waals surface area contributed by atoms with Crippen LogP contribution in [0.15, 0.2) is 71.1 Å². The van der Waals surface area contributed by atoms with Crippen LogP contribution in [0.4, 0.5) is 5.69 Å². The summed E-state index contributed by atoms with van der Waals surface area (Å²) in [6.45, 7) is 5.37. The van der Waals surface area contributed by atoms with E-state index in [4.69, 9.17) is 18.6 Å². The van der Waals surface area contributed by atoms with Gasteiger partial charge in [0, 0.05) is 44.4 Å². The van der Waals surface area contributed by atoms with E-state index < -0.39 is 6.10 Å². The molecule has 0 radical (unpaired) electrons. The van der Waals surface area contributed by atoms with Crippen molar-refractivity contribution in [1.29, 1.82) is 0 Å². The molecule has 36 heavy (non-hydrogen) atoms. The highest BCUT2D eigenvalue weighted by atomic mass is 16.6. The number of anilines is 1. The molecule has 8 heteroatoms. The zero-order chi connectivity index (χ0) is 24.3. The number of β-amino-alcohol motifs (C(OH)–C–C–N with tert-alkyl or cyclic N) is 1. The molecule has 1 aromatic heterocycles. The number of fused-ring (bicyclic) bond motifs is 2. The lowest BCUT2D eigenvalue weighted by molar-refractivity contribution is 0.0662. The number of benzene rings is 3. The van der Waals surface area contributed by atoms with Crippen LogP contribution in [0.25, 0.3) is 22.6 Å². The Bertz CT molecular complexity index is 1320. The Hall–Kier alpha value is -3.75. The van der Waals surface area contributed by atoms with Crippen LogP contribution < -0.4 is 19.1 Å². The summed E-state index contributed by atoms with van der Waals surface area (Å²) < 4.78 is 23.3. The second kappa shape index (κ2) is 10.1. The van der Waals surface area contributed by atoms with Crippen LogP contribution in [0, 0.1) is 0 Å². The maximum absolute atomic E-state index is 10.6. The molecule has 1 N–H and O–H groups in total. The first-order chi connectivity index (χ1) is 17.7. The molecule has 0 saturated carbocycles. The van der Waals surface area contributed by atoms with Crippen LogP contribution in [0.5, 0.6) is 17.2 Å². The van der Waals surface area contributed by atoms with Gasteiger partial charge in [0.2, 0.25) is 5.89 Å². The molecule has 6 rings (SSSR count). The van der Waals surface area contributed by atoms with Gasteiger partial charge >= 0.3 is 0 Å². The Labute approximate surface area is 209 Å².